The standard InChI is InChI=1S/C17H15N3O4/c21-15-6-3-11(10-16(15)22)7-9-18-13-4-5-14(20(23)24)12-2-1-8-19-17(12)13/h1-6,8,10,18,21-22H,7,9H2. The number of rotatable bonds is 5. The molecule has 1 aromatic heterocycles. The number of phenols is 2. The number of pyridine rings is 1. The summed E-state index contributed by atoms with van der Waals surface area (Å²) in [5.74, 6) is -0.313. The highest BCUT2D eigenvalue weighted by Crippen LogP contribution is 2.30. The number of aromatic hydroxyl groups is 2. The van der Waals surface area contributed by atoms with Gasteiger partial charge in [0.25, 0.3) is 5.69 Å². The molecular weight excluding hydrogens is 310 g/mol. The molecule has 0 aliphatic heterocycles. The minimum Gasteiger partial charge on any atom is -0.504 e. The van der Waals surface area contributed by atoms with Gasteiger partial charge in [0, 0.05) is 18.8 Å². The lowest BCUT2D eigenvalue weighted by Gasteiger charge is -2.10. The fourth-order valence-electron chi connectivity index (χ4n) is 2.53. The van der Waals surface area contributed by atoms with Crippen molar-refractivity contribution < 1.29 is 15.1 Å². The first kappa shape index (κ1) is 15.5. The molecule has 0 aliphatic rings. The first-order valence-corrected chi connectivity index (χ1v) is 7.33. The number of hydrogen-bond acceptors (Lipinski definition) is 6. The van der Waals surface area contributed by atoms with Gasteiger partial charge >= 0.3 is 0 Å². The van der Waals surface area contributed by atoms with Gasteiger partial charge in [-0.3, -0.25) is 15.1 Å². The predicted molar refractivity (Wildman–Crippen MR) is 90.4 cm³/mol. The highest BCUT2D eigenvalue weighted by Gasteiger charge is 2.14. The van der Waals surface area contributed by atoms with Crippen molar-refractivity contribution in [1.82, 2.24) is 4.98 Å². The fourth-order valence-corrected chi connectivity index (χ4v) is 2.53. The number of nitrogens with one attached hydrogen (secondary N) is 1. The van der Waals surface area contributed by atoms with E-state index < -0.39 is 4.92 Å². The Labute approximate surface area is 137 Å². The zero-order chi connectivity index (χ0) is 17.1. The van der Waals surface area contributed by atoms with E-state index in [0.29, 0.717) is 29.6 Å². The first-order chi connectivity index (χ1) is 11.6. The third-order valence-corrected chi connectivity index (χ3v) is 3.71. The molecule has 122 valence electrons. The highest BCUT2D eigenvalue weighted by atomic mass is 16.6. The van der Waals surface area contributed by atoms with Crippen LogP contribution in [0.2, 0.25) is 0 Å². The van der Waals surface area contributed by atoms with Crippen molar-refractivity contribution >= 4 is 22.3 Å². The maximum absolute atomic E-state index is 11.1. The van der Waals surface area contributed by atoms with E-state index >= 15 is 0 Å². The SMILES string of the molecule is O=[N+]([O-])c1ccc(NCCc2ccc(O)c(O)c2)c2ncccc12. The van der Waals surface area contributed by atoms with Crippen molar-refractivity contribution in [3.8, 4) is 11.5 Å². The summed E-state index contributed by atoms with van der Waals surface area (Å²) in [4.78, 5) is 14.9. The smallest absolute Gasteiger partial charge is 0.278 e. The predicted octanol–water partition coefficient (Wildman–Crippen LogP) is 3.21. The van der Waals surface area contributed by atoms with Gasteiger partial charge in [0.15, 0.2) is 11.5 Å². The van der Waals surface area contributed by atoms with Gasteiger partial charge in [0.2, 0.25) is 0 Å². The Bertz CT molecular complexity index is 911. The zero-order valence-electron chi connectivity index (χ0n) is 12.6. The summed E-state index contributed by atoms with van der Waals surface area (Å²) in [6, 6.07) is 11.1. The minimum atomic E-state index is -0.424. The van der Waals surface area contributed by atoms with Crippen molar-refractivity contribution in [2.75, 3.05) is 11.9 Å². The summed E-state index contributed by atoms with van der Waals surface area (Å²) in [6.07, 6.45) is 2.20. The maximum Gasteiger partial charge on any atom is 0.278 e. The van der Waals surface area contributed by atoms with Crippen molar-refractivity contribution in [2.45, 2.75) is 6.42 Å². The average Bonchev–Trinajstić information content (AvgIpc) is 2.58. The molecule has 0 saturated carbocycles. The van der Waals surface area contributed by atoms with Crippen LogP contribution < -0.4 is 5.32 Å². The molecule has 2 aromatic carbocycles. The van der Waals surface area contributed by atoms with Crippen molar-refractivity contribution in [2.24, 2.45) is 0 Å². The summed E-state index contributed by atoms with van der Waals surface area (Å²) in [5, 5.41) is 33.6. The average molecular weight is 325 g/mol. The van der Waals surface area contributed by atoms with E-state index in [0.717, 1.165) is 5.56 Å². The minimum absolute atomic E-state index is 0.0205. The number of nitro groups is 1. The Hall–Kier alpha value is -3.35. The lowest BCUT2D eigenvalue weighted by Crippen LogP contribution is -2.06. The van der Waals surface area contributed by atoms with Crippen LogP contribution in [0.1, 0.15) is 5.56 Å². The Morgan fingerprint density at radius 3 is 2.71 bits per heavy atom. The molecule has 0 fully saturated rings. The van der Waals surface area contributed by atoms with Gasteiger partial charge in [-0.05, 0) is 42.3 Å². The van der Waals surface area contributed by atoms with E-state index in [1.807, 2.05) is 0 Å². The van der Waals surface area contributed by atoms with Gasteiger partial charge in [-0.1, -0.05) is 6.07 Å². The van der Waals surface area contributed by atoms with E-state index in [9.17, 15) is 20.3 Å². The fraction of sp³-hybridized carbons (Fsp3) is 0.118. The van der Waals surface area contributed by atoms with Crippen molar-refractivity contribution in [3.63, 3.8) is 0 Å². The van der Waals surface area contributed by atoms with E-state index in [-0.39, 0.29) is 17.2 Å². The van der Waals surface area contributed by atoms with E-state index in [1.165, 1.54) is 18.2 Å². The number of phenolic OH excluding ortho intramolecular Hbond substituents is 2. The molecule has 0 radical (unpaired) electrons. The molecule has 7 nitrogen and oxygen atoms in total. The second-order valence-corrected chi connectivity index (χ2v) is 5.29. The van der Waals surface area contributed by atoms with Crippen LogP contribution >= 0.6 is 0 Å². The second kappa shape index (κ2) is 6.41. The van der Waals surface area contributed by atoms with Crippen molar-refractivity contribution in [1.29, 1.82) is 0 Å². The maximum atomic E-state index is 11.1. The molecule has 0 spiro atoms. The summed E-state index contributed by atoms with van der Waals surface area (Å²) in [7, 11) is 0. The number of anilines is 1. The summed E-state index contributed by atoms with van der Waals surface area (Å²) in [6.45, 7) is 0.549. The van der Waals surface area contributed by atoms with Crippen LogP contribution in [-0.2, 0) is 6.42 Å². The van der Waals surface area contributed by atoms with Crippen LogP contribution in [0.15, 0.2) is 48.7 Å². The quantitative estimate of drug-likeness (QED) is 0.377. The molecule has 0 unspecified atom stereocenters. The molecule has 0 aliphatic carbocycles. The Morgan fingerprint density at radius 2 is 1.96 bits per heavy atom. The summed E-state index contributed by atoms with van der Waals surface area (Å²) < 4.78 is 0. The van der Waals surface area contributed by atoms with Gasteiger partial charge in [-0.15, -0.1) is 0 Å². The molecule has 0 amide bonds. The number of fused-ring (bicyclic) bond motifs is 1. The van der Waals surface area contributed by atoms with Crippen LogP contribution in [0.4, 0.5) is 11.4 Å². The first-order valence-electron chi connectivity index (χ1n) is 7.33. The lowest BCUT2D eigenvalue weighted by atomic mass is 10.1. The van der Waals surface area contributed by atoms with Gasteiger partial charge in [-0.2, -0.15) is 0 Å². The third kappa shape index (κ3) is 3.05. The van der Waals surface area contributed by atoms with E-state index in [2.05, 4.69) is 10.3 Å². The Morgan fingerprint density at radius 1 is 1.12 bits per heavy atom. The summed E-state index contributed by atoms with van der Waals surface area (Å²) in [5.41, 5.74) is 2.13. The van der Waals surface area contributed by atoms with Gasteiger partial charge < -0.3 is 15.5 Å². The number of aromatic nitrogens is 1. The van der Waals surface area contributed by atoms with Crippen LogP contribution in [0.5, 0.6) is 11.5 Å². The van der Waals surface area contributed by atoms with Crippen LogP contribution in [0, 0.1) is 10.1 Å². The van der Waals surface area contributed by atoms with Gasteiger partial charge in [0.1, 0.15) is 5.52 Å². The molecule has 3 aromatic rings. The number of nitro benzene ring substituents is 1. The molecule has 0 bridgehead atoms. The van der Waals surface area contributed by atoms with Crippen LogP contribution in [-0.4, -0.2) is 26.7 Å². The van der Waals surface area contributed by atoms with Crippen LogP contribution in [0.25, 0.3) is 10.9 Å². The highest BCUT2D eigenvalue weighted by molar-refractivity contribution is 5.96. The molecule has 0 saturated heterocycles. The van der Waals surface area contributed by atoms with Crippen LogP contribution in [0.3, 0.4) is 0 Å². The topological polar surface area (TPSA) is 109 Å². The van der Waals surface area contributed by atoms with E-state index in [1.54, 1.807) is 30.5 Å². The van der Waals surface area contributed by atoms with E-state index in [4.69, 9.17) is 0 Å². The van der Waals surface area contributed by atoms with Gasteiger partial charge in [0.05, 0.1) is 16.0 Å². The lowest BCUT2D eigenvalue weighted by molar-refractivity contribution is -0.383. The molecule has 1 heterocycles. The molecule has 3 rings (SSSR count). The summed E-state index contributed by atoms with van der Waals surface area (Å²) >= 11 is 0. The normalized spacial score (nSPS) is 10.7. The molecule has 3 N–H and O–H groups in total. The number of hydrogen-bond donors (Lipinski definition) is 3. The second-order valence-electron chi connectivity index (χ2n) is 5.29. The van der Waals surface area contributed by atoms with Crippen molar-refractivity contribution in [3.05, 3.63) is 64.3 Å². The number of non-ortho nitro benzene ring substituents is 1. The Kier molecular flexibility index (Phi) is 4.15. The Balaban J connectivity index is 1.79. The molecule has 7 heteroatoms. The monoisotopic (exact) mass is 325 g/mol. The number of benzene rings is 2. The molecule has 0 atom stereocenters. The number of nitrogens with zero attached hydrogens (tertiary/aromatic N) is 2. The third-order valence-electron chi connectivity index (χ3n) is 3.71. The molecular formula is C17H15N3O4. The zero-order valence-corrected chi connectivity index (χ0v) is 12.6. The largest absolute Gasteiger partial charge is 0.504 e. The molecule has 24 heavy (non-hydrogen) atoms. The van der Waals surface area contributed by atoms with Gasteiger partial charge in [-0.25, -0.2) is 0 Å².